The molecule has 128 valence electrons. The molecule has 0 unspecified atom stereocenters. The Hall–Kier alpha value is -3.17. The number of H-pyrrole nitrogens is 1. The summed E-state index contributed by atoms with van der Waals surface area (Å²) in [6, 6.07) is 13.1. The molecular weight excluding hydrogens is 350 g/mol. The molecular formula is C19H14ClN5O. The van der Waals surface area contributed by atoms with Crippen LogP contribution in [0.2, 0.25) is 5.15 Å². The van der Waals surface area contributed by atoms with Gasteiger partial charge in [-0.15, -0.1) is 0 Å². The molecule has 0 radical (unpaired) electrons. The number of hydrogen-bond donors (Lipinski definition) is 1. The van der Waals surface area contributed by atoms with E-state index in [-0.39, 0.29) is 5.69 Å². The summed E-state index contributed by atoms with van der Waals surface area (Å²) in [4.78, 5) is 24.0. The fourth-order valence-electron chi connectivity index (χ4n) is 2.96. The lowest BCUT2D eigenvalue weighted by molar-refractivity contribution is 0.686. The number of hydrogen-bond acceptors (Lipinski definition) is 4. The van der Waals surface area contributed by atoms with E-state index in [1.807, 2.05) is 38.1 Å². The zero-order valence-corrected chi connectivity index (χ0v) is 14.9. The molecule has 0 spiro atoms. The van der Waals surface area contributed by atoms with Crippen molar-refractivity contribution in [2.75, 3.05) is 0 Å². The van der Waals surface area contributed by atoms with Crippen molar-refractivity contribution in [3.05, 3.63) is 63.8 Å². The largest absolute Gasteiger partial charge is 0.331 e. The van der Waals surface area contributed by atoms with Gasteiger partial charge >= 0.3 is 5.69 Å². The number of nitriles is 1. The van der Waals surface area contributed by atoms with E-state index in [1.54, 1.807) is 22.9 Å². The van der Waals surface area contributed by atoms with Crippen LogP contribution >= 0.6 is 11.6 Å². The number of halogens is 1. The summed E-state index contributed by atoms with van der Waals surface area (Å²) >= 11 is 6.04. The predicted octanol–water partition coefficient (Wildman–Crippen LogP) is 3.72. The average molecular weight is 364 g/mol. The van der Waals surface area contributed by atoms with Gasteiger partial charge in [-0.25, -0.2) is 9.78 Å². The van der Waals surface area contributed by atoms with Crippen molar-refractivity contribution in [3.8, 4) is 11.8 Å². The Kier molecular flexibility index (Phi) is 3.56. The summed E-state index contributed by atoms with van der Waals surface area (Å²) in [5.74, 6) is 0. The Bertz CT molecular complexity index is 1250. The van der Waals surface area contributed by atoms with Gasteiger partial charge < -0.3 is 4.98 Å². The van der Waals surface area contributed by atoms with Gasteiger partial charge in [-0.05, 0) is 43.7 Å². The Morgan fingerprint density at radius 1 is 1.19 bits per heavy atom. The summed E-state index contributed by atoms with van der Waals surface area (Å²) in [5.41, 5.74) is 3.07. The van der Waals surface area contributed by atoms with E-state index in [4.69, 9.17) is 11.6 Å². The molecule has 0 aliphatic rings. The maximum Gasteiger partial charge on any atom is 0.331 e. The van der Waals surface area contributed by atoms with Gasteiger partial charge in [-0.1, -0.05) is 23.7 Å². The lowest BCUT2D eigenvalue weighted by Gasteiger charge is -2.16. The smallest absolute Gasteiger partial charge is 0.304 e. The lowest BCUT2D eigenvalue weighted by atomic mass is 9.86. The fraction of sp³-hybridized carbons (Fsp3) is 0.158. The Morgan fingerprint density at radius 3 is 2.62 bits per heavy atom. The first-order valence-corrected chi connectivity index (χ1v) is 8.37. The van der Waals surface area contributed by atoms with Crippen molar-refractivity contribution >= 4 is 33.7 Å². The first-order valence-electron chi connectivity index (χ1n) is 7.99. The van der Waals surface area contributed by atoms with Gasteiger partial charge in [0.15, 0.2) is 0 Å². The summed E-state index contributed by atoms with van der Waals surface area (Å²) in [6.45, 7) is 3.70. The molecule has 7 heteroatoms. The molecule has 4 rings (SSSR count). The monoisotopic (exact) mass is 363 g/mol. The molecule has 0 saturated heterocycles. The number of imidazole rings is 1. The summed E-state index contributed by atoms with van der Waals surface area (Å²) in [5, 5.41) is 9.62. The van der Waals surface area contributed by atoms with Crippen molar-refractivity contribution in [1.82, 2.24) is 19.5 Å². The van der Waals surface area contributed by atoms with Gasteiger partial charge in [0.05, 0.1) is 34.4 Å². The van der Waals surface area contributed by atoms with Gasteiger partial charge in [0, 0.05) is 0 Å². The Balaban J connectivity index is 2.00. The van der Waals surface area contributed by atoms with Crippen molar-refractivity contribution in [2.24, 2.45) is 0 Å². The van der Waals surface area contributed by atoms with Gasteiger partial charge in [0.25, 0.3) is 0 Å². The van der Waals surface area contributed by atoms with Crippen LogP contribution in [0.1, 0.15) is 19.4 Å². The molecule has 0 saturated carbocycles. The SMILES string of the molecule is CC(C)(C#N)c1ccc(-n2c(=O)[nH]c3cnc4ccc(Cl)nc4c32)cc1. The van der Waals surface area contributed by atoms with E-state index in [0.29, 0.717) is 32.9 Å². The lowest BCUT2D eigenvalue weighted by Crippen LogP contribution is -2.16. The minimum atomic E-state index is -0.602. The molecule has 3 heterocycles. The molecule has 0 aliphatic carbocycles. The van der Waals surface area contributed by atoms with Crippen LogP contribution < -0.4 is 5.69 Å². The van der Waals surface area contributed by atoms with Gasteiger partial charge in [-0.2, -0.15) is 5.26 Å². The number of fused-ring (bicyclic) bond motifs is 3. The summed E-state index contributed by atoms with van der Waals surface area (Å²) < 4.78 is 1.55. The van der Waals surface area contributed by atoms with E-state index in [0.717, 1.165) is 5.56 Å². The zero-order chi connectivity index (χ0) is 18.5. The second-order valence-electron chi connectivity index (χ2n) is 6.57. The summed E-state index contributed by atoms with van der Waals surface area (Å²) in [6.07, 6.45) is 1.61. The number of nitrogens with zero attached hydrogens (tertiary/aromatic N) is 4. The molecule has 1 N–H and O–H groups in total. The van der Waals surface area contributed by atoms with Gasteiger partial charge in [0.2, 0.25) is 0 Å². The maximum absolute atomic E-state index is 12.6. The first kappa shape index (κ1) is 16.3. The highest BCUT2D eigenvalue weighted by Gasteiger charge is 2.20. The quantitative estimate of drug-likeness (QED) is 0.550. The fourth-order valence-corrected chi connectivity index (χ4v) is 3.11. The third-order valence-electron chi connectivity index (χ3n) is 4.45. The van der Waals surface area contributed by atoms with Gasteiger partial charge in [-0.3, -0.25) is 9.55 Å². The zero-order valence-electron chi connectivity index (χ0n) is 14.1. The molecule has 0 amide bonds. The van der Waals surface area contributed by atoms with E-state index >= 15 is 0 Å². The van der Waals surface area contributed by atoms with E-state index in [2.05, 4.69) is 21.0 Å². The number of pyridine rings is 2. The minimum Gasteiger partial charge on any atom is -0.304 e. The molecule has 0 fully saturated rings. The highest BCUT2D eigenvalue weighted by molar-refractivity contribution is 6.30. The second-order valence-corrected chi connectivity index (χ2v) is 6.96. The molecule has 0 atom stereocenters. The molecule has 0 aliphatic heterocycles. The molecule has 3 aromatic heterocycles. The predicted molar refractivity (Wildman–Crippen MR) is 101 cm³/mol. The van der Waals surface area contributed by atoms with E-state index in [9.17, 15) is 10.1 Å². The standard InChI is InChI=1S/C19H14ClN5O/c1-19(2,10-21)11-3-5-12(6-4-11)25-17-14(23-18(25)26)9-22-13-7-8-15(20)24-16(13)17/h3-9H,1-2H3,(H,23,26). The number of benzene rings is 1. The number of rotatable bonds is 2. The molecule has 26 heavy (non-hydrogen) atoms. The Morgan fingerprint density at radius 2 is 1.92 bits per heavy atom. The molecule has 4 aromatic rings. The highest BCUT2D eigenvalue weighted by atomic mass is 35.5. The van der Waals surface area contributed by atoms with Crippen molar-refractivity contribution in [1.29, 1.82) is 5.26 Å². The van der Waals surface area contributed by atoms with Crippen LogP contribution in [0.5, 0.6) is 0 Å². The maximum atomic E-state index is 12.6. The highest BCUT2D eigenvalue weighted by Crippen LogP contribution is 2.26. The molecule has 1 aromatic carbocycles. The van der Waals surface area contributed by atoms with Crippen LogP contribution in [0.25, 0.3) is 27.8 Å². The average Bonchev–Trinajstić information content (AvgIpc) is 2.98. The second kappa shape index (κ2) is 5.68. The minimum absolute atomic E-state index is 0.289. The molecule has 0 bridgehead atoms. The normalized spacial score (nSPS) is 11.8. The van der Waals surface area contributed by atoms with Crippen LogP contribution in [0.4, 0.5) is 0 Å². The third-order valence-corrected chi connectivity index (χ3v) is 4.66. The number of aromatic nitrogens is 4. The van der Waals surface area contributed by atoms with Crippen molar-refractivity contribution < 1.29 is 0 Å². The first-order chi connectivity index (χ1) is 12.4. The van der Waals surface area contributed by atoms with Crippen molar-refractivity contribution in [2.45, 2.75) is 19.3 Å². The summed E-state index contributed by atoms with van der Waals surface area (Å²) in [7, 11) is 0. The van der Waals surface area contributed by atoms with Crippen molar-refractivity contribution in [3.63, 3.8) is 0 Å². The third kappa shape index (κ3) is 2.45. The van der Waals surface area contributed by atoms with E-state index in [1.165, 1.54) is 0 Å². The number of aromatic amines is 1. The van der Waals surface area contributed by atoms with Crippen LogP contribution in [0.3, 0.4) is 0 Å². The Labute approximate surface area is 153 Å². The molecule has 6 nitrogen and oxygen atoms in total. The van der Waals surface area contributed by atoms with Gasteiger partial charge in [0.1, 0.15) is 16.2 Å². The van der Waals surface area contributed by atoms with Crippen LogP contribution in [-0.4, -0.2) is 19.5 Å². The van der Waals surface area contributed by atoms with Crippen LogP contribution in [0.15, 0.2) is 47.4 Å². The topological polar surface area (TPSA) is 87.4 Å². The van der Waals surface area contributed by atoms with Crippen LogP contribution in [-0.2, 0) is 5.41 Å². The van der Waals surface area contributed by atoms with Crippen LogP contribution in [0, 0.1) is 11.3 Å². The van der Waals surface area contributed by atoms with E-state index < -0.39 is 5.41 Å². The number of nitrogens with one attached hydrogen (secondary N) is 1.